The first-order chi connectivity index (χ1) is 10.4. The highest BCUT2D eigenvalue weighted by molar-refractivity contribution is 6.06. The second-order valence-corrected chi connectivity index (χ2v) is 6.41. The standard InChI is InChI=1S/C20H21NO/c1-14-9-5-6-10-15(14)18(22)13-19-20(2,3)16-11-7-8-12-17(16)21(19)4/h5-13H,1-4H3. The summed E-state index contributed by atoms with van der Waals surface area (Å²) in [6.45, 7) is 6.32. The number of rotatable bonds is 2. The molecule has 2 aromatic rings. The van der Waals surface area contributed by atoms with Crippen molar-refractivity contribution in [2.45, 2.75) is 26.2 Å². The molecule has 0 spiro atoms. The van der Waals surface area contributed by atoms with Gasteiger partial charge in [-0.05, 0) is 24.1 Å². The molecule has 1 aliphatic heterocycles. The highest BCUT2D eigenvalue weighted by Crippen LogP contribution is 2.46. The number of ketones is 1. The van der Waals surface area contributed by atoms with Crippen LogP contribution in [-0.4, -0.2) is 12.8 Å². The number of carbonyl (C=O) groups excluding carboxylic acids is 1. The lowest BCUT2D eigenvalue weighted by molar-refractivity contribution is 0.104. The van der Waals surface area contributed by atoms with Crippen LogP contribution >= 0.6 is 0 Å². The van der Waals surface area contributed by atoms with E-state index in [9.17, 15) is 4.79 Å². The number of nitrogens with zero attached hydrogens (tertiary/aromatic N) is 1. The molecule has 0 bridgehead atoms. The lowest BCUT2D eigenvalue weighted by Crippen LogP contribution is -2.24. The Kier molecular flexibility index (Phi) is 3.40. The Morgan fingerprint density at radius 3 is 2.36 bits per heavy atom. The summed E-state index contributed by atoms with van der Waals surface area (Å²) in [7, 11) is 2.03. The summed E-state index contributed by atoms with van der Waals surface area (Å²) < 4.78 is 0. The van der Waals surface area contributed by atoms with Crippen LogP contribution in [0.2, 0.25) is 0 Å². The van der Waals surface area contributed by atoms with E-state index >= 15 is 0 Å². The summed E-state index contributed by atoms with van der Waals surface area (Å²) in [6.07, 6.45) is 1.79. The molecule has 0 radical (unpaired) electrons. The molecule has 1 heterocycles. The van der Waals surface area contributed by atoms with E-state index in [4.69, 9.17) is 0 Å². The second kappa shape index (κ2) is 5.13. The van der Waals surface area contributed by atoms with Crippen LogP contribution in [0.15, 0.2) is 60.3 Å². The van der Waals surface area contributed by atoms with E-state index in [1.807, 2.05) is 44.3 Å². The van der Waals surface area contributed by atoms with Gasteiger partial charge in [-0.2, -0.15) is 0 Å². The molecule has 2 heteroatoms. The number of anilines is 1. The SMILES string of the molecule is Cc1ccccc1C(=O)C=C1N(C)c2ccccc2C1(C)C. The van der Waals surface area contributed by atoms with E-state index in [1.54, 1.807) is 6.08 Å². The van der Waals surface area contributed by atoms with Gasteiger partial charge in [0.1, 0.15) is 0 Å². The third kappa shape index (κ3) is 2.16. The van der Waals surface area contributed by atoms with Crippen LogP contribution in [-0.2, 0) is 5.41 Å². The van der Waals surface area contributed by atoms with Gasteiger partial charge in [-0.1, -0.05) is 56.3 Å². The fourth-order valence-electron chi connectivity index (χ4n) is 3.31. The number of hydrogen-bond donors (Lipinski definition) is 0. The third-order valence-electron chi connectivity index (χ3n) is 4.62. The van der Waals surface area contributed by atoms with Gasteiger partial charge in [-0.25, -0.2) is 0 Å². The van der Waals surface area contributed by atoms with Crippen LogP contribution in [0.1, 0.15) is 35.3 Å². The first-order valence-electron chi connectivity index (χ1n) is 7.58. The van der Waals surface area contributed by atoms with Crippen molar-refractivity contribution in [2.24, 2.45) is 0 Å². The number of fused-ring (bicyclic) bond motifs is 1. The zero-order valence-corrected chi connectivity index (χ0v) is 13.6. The fourth-order valence-corrected chi connectivity index (χ4v) is 3.31. The normalized spacial score (nSPS) is 17.6. The summed E-state index contributed by atoms with van der Waals surface area (Å²) in [5.74, 6) is 0.0702. The van der Waals surface area contributed by atoms with Gasteiger partial charge in [0.15, 0.2) is 5.78 Å². The summed E-state index contributed by atoms with van der Waals surface area (Å²) >= 11 is 0. The minimum atomic E-state index is -0.163. The zero-order valence-electron chi connectivity index (χ0n) is 13.6. The van der Waals surface area contributed by atoms with E-state index in [0.717, 1.165) is 16.8 Å². The van der Waals surface area contributed by atoms with Gasteiger partial charge in [0.05, 0.1) is 0 Å². The molecule has 2 aromatic carbocycles. The smallest absolute Gasteiger partial charge is 0.187 e. The van der Waals surface area contributed by atoms with Gasteiger partial charge >= 0.3 is 0 Å². The van der Waals surface area contributed by atoms with Crippen molar-refractivity contribution in [3.05, 3.63) is 77.0 Å². The molecule has 0 aromatic heterocycles. The Morgan fingerprint density at radius 2 is 1.68 bits per heavy atom. The van der Waals surface area contributed by atoms with E-state index in [2.05, 4.69) is 36.9 Å². The van der Waals surface area contributed by atoms with Crippen molar-refractivity contribution >= 4 is 11.5 Å². The maximum absolute atomic E-state index is 12.7. The van der Waals surface area contributed by atoms with Crippen LogP contribution in [0.4, 0.5) is 5.69 Å². The number of aryl methyl sites for hydroxylation is 1. The minimum Gasteiger partial charge on any atom is -0.347 e. The zero-order chi connectivity index (χ0) is 15.9. The van der Waals surface area contributed by atoms with Crippen molar-refractivity contribution < 1.29 is 4.79 Å². The van der Waals surface area contributed by atoms with Crippen LogP contribution < -0.4 is 4.90 Å². The lowest BCUT2D eigenvalue weighted by atomic mass is 9.83. The predicted octanol–water partition coefficient (Wildman–Crippen LogP) is 4.49. The fraction of sp³-hybridized carbons (Fsp3) is 0.250. The van der Waals surface area contributed by atoms with Gasteiger partial charge < -0.3 is 4.90 Å². The summed E-state index contributed by atoms with van der Waals surface area (Å²) in [4.78, 5) is 14.8. The lowest BCUT2D eigenvalue weighted by Gasteiger charge is -2.24. The molecular formula is C20H21NO. The first-order valence-corrected chi connectivity index (χ1v) is 7.58. The molecule has 0 N–H and O–H groups in total. The largest absolute Gasteiger partial charge is 0.347 e. The van der Waals surface area contributed by atoms with Crippen molar-refractivity contribution in [1.82, 2.24) is 0 Å². The molecule has 0 saturated heterocycles. The van der Waals surface area contributed by atoms with Crippen LogP contribution in [0.5, 0.6) is 0 Å². The molecule has 0 saturated carbocycles. The molecule has 0 atom stereocenters. The molecule has 0 fully saturated rings. The molecule has 22 heavy (non-hydrogen) atoms. The molecule has 0 aliphatic carbocycles. The Hall–Kier alpha value is -2.35. The second-order valence-electron chi connectivity index (χ2n) is 6.41. The van der Waals surface area contributed by atoms with Gasteiger partial charge in [0.25, 0.3) is 0 Å². The van der Waals surface area contributed by atoms with Crippen molar-refractivity contribution in [3.63, 3.8) is 0 Å². The highest BCUT2D eigenvalue weighted by atomic mass is 16.1. The Bertz CT molecular complexity index is 771. The summed E-state index contributed by atoms with van der Waals surface area (Å²) in [6, 6.07) is 16.1. The number of para-hydroxylation sites is 1. The maximum atomic E-state index is 12.7. The summed E-state index contributed by atoms with van der Waals surface area (Å²) in [5, 5.41) is 0. The molecule has 3 rings (SSSR count). The topological polar surface area (TPSA) is 20.3 Å². The number of likely N-dealkylation sites (N-methyl/N-ethyl adjacent to an activating group) is 1. The summed E-state index contributed by atoms with van der Waals surface area (Å²) in [5.41, 5.74) is 5.11. The maximum Gasteiger partial charge on any atom is 0.187 e. The molecular weight excluding hydrogens is 270 g/mol. The van der Waals surface area contributed by atoms with Gasteiger partial charge in [0.2, 0.25) is 0 Å². The first kappa shape index (κ1) is 14.6. The van der Waals surface area contributed by atoms with Crippen molar-refractivity contribution in [2.75, 3.05) is 11.9 Å². The molecule has 0 unspecified atom stereocenters. The highest BCUT2D eigenvalue weighted by Gasteiger charge is 2.38. The van der Waals surface area contributed by atoms with Crippen LogP contribution in [0.25, 0.3) is 0 Å². The van der Waals surface area contributed by atoms with E-state index in [-0.39, 0.29) is 11.2 Å². The molecule has 1 aliphatic rings. The predicted molar refractivity (Wildman–Crippen MR) is 91.5 cm³/mol. The molecule has 112 valence electrons. The number of allylic oxidation sites excluding steroid dienone is 2. The van der Waals surface area contributed by atoms with Crippen LogP contribution in [0, 0.1) is 6.92 Å². The van der Waals surface area contributed by atoms with E-state index in [0.29, 0.717) is 0 Å². The van der Waals surface area contributed by atoms with Crippen molar-refractivity contribution in [3.8, 4) is 0 Å². The van der Waals surface area contributed by atoms with Crippen LogP contribution in [0.3, 0.4) is 0 Å². The minimum absolute atomic E-state index is 0.0702. The number of benzene rings is 2. The monoisotopic (exact) mass is 291 g/mol. The third-order valence-corrected chi connectivity index (χ3v) is 4.62. The number of carbonyl (C=O) groups is 1. The van der Waals surface area contributed by atoms with Gasteiger partial charge in [-0.15, -0.1) is 0 Å². The average molecular weight is 291 g/mol. The quantitative estimate of drug-likeness (QED) is 0.600. The Labute approximate surface area is 132 Å². The average Bonchev–Trinajstić information content (AvgIpc) is 2.69. The molecule has 0 amide bonds. The van der Waals surface area contributed by atoms with E-state index in [1.165, 1.54) is 11.3 Å². The number of hydrogen-bond acceptors (Lipinski definition) is 2. The molecule has 2 nitrogen and oxygen atoms in total. The Balaban J connectivity index is 2.06. The van der Waals surface area contributed by atoms with Crippen molar-refractivity contribution in [1.29, 1.82) is 0 Å². The van der Waals surface area contributed by atoms with Gasteiger partial charge in [0, 0.05) is 35.5 Å². The Morgan fingerprint density at radius 1 is 1.05 bits per heavy atom. The van der Waals surface area contributed by atoms with E-state index < -0.39 is 0 Å². The van der Waals surface area contributed by atoms with Gasteiger partial charge in [-0.3, -0.25) is 4.79 Å².